The van der Waals surface area contributed by atoms with Crippen molar-refractivity contribution in [2.24, 2.45) is 5.92 Å². The van der Waals surface area contributed by atoms with Gasteiger partial charge in [-0.25, -0.2) is 8.42 Å². The molecule has 3 rings (SSSR count). The van der Waals surface area contributed by atoms with Gasteiger partial charge in [-0.2, -0.15) is 5.26 Å². The highest BCUT2D eigenvalue weighted by molar-refractivity contribution is 7.92. The molecule has 21 heavy (non-hydrogen) atoms. The van der Waals surface area contributed by atoms with E-state index in [2.05, 4.69) is 6.07 Å². The molecule has 0 heterocycles. The van der Waals surface area contributed by atoms with Crippen LogP contribution in [0.3, 0.4) is 0 Å². The molecule has 2 aromatic carbocycles. The van der Waals surface area contributed by atoms with Gasteiger partial charge in [0.15, 0.2) is 9.84 Å². The molecule has 1 fully saturated rings. The predicted octanol–water partition coefficient (Wildman–Crippen LogP) is 3.07. The number of rotatable bonds is 3. The zero-order valence-corrected chi connectivity index (χ0v) is 12.4. The normalized spacial score (nSPS) is 24.3. The molecule has 0 amide bonds. The lowest BCUT2D eigenvalue weighted by molar-refractivity contribution is 0.593. The second kappa shape index (κ2) is 5.01. The standard InChI is InChI=1S/C17H15NO2S/c1-12-7-9-13(10-8-12)16-15(11-18)17(16)21(19,20)14-5-3-2-4-6-14/h2-10,15-17H,1H3/t15-,16-,17-/m1/s1. The van der Waals surface area contributed by atoms with Crippen LogP contribution in [0.15, 0.2) is 59.5 Å². The fourth-order valence-electron chi connectivity index (χ4n) is 2.78. The summed E-state index contributed by atoms with van der Waals surface area (Å²) in [6, 6.07) is 18.3. The topological polar surface area (TPSA) is 57.9 Å². The molecule has 0 saturated heterocycles. The van der Waals surface area contributed by atoms with E-state index in [1.165, 1.54) is 0 Å². The molecule has 1 saturated carbocycles. The van der Waals surface area contributed by atoms with Crippen LogP contribution in [0.2, 0.25) is 0 Å². The number of sulfone groups is 1. The van der Waals surface area contributed by atoms with Crippen molar-refractivity contribution in [1.29, 1.82) is 5.26 Å². The molecule has 2 aromatic rings. The number of nitrogens with zero attached hydrogens (tertiary/aromatic N) is 1. The molecule has 0 radical (unpaired) electrons. The monoisotopic (exact) mass is 297 g/mol. The van der Waals surface area contributed by atoms with Gasteiger partial charge in [0.1, 0.15) is 0 Å². The molecule has 1 aliphatic carbocycles. The third-order valence-corrected chi connectivity index (χ3v) is 6.23. The van der Waals surface area contributed by atoms with Gasteiger partial charge in [-0.1, -0.05) is 48.0 Å². The summed E-state index contributed by atoms with van der Waals surface area (Å²) in [6.45, 7) is 1.98. The Morgan fingerprint density at radius 3 is 2.19 bits per heavy atom. The predicted molar refractivity (Wildman–Crippen MR) is 80.4 cm³/mol. The Bertz CT molecular complexity index is 789. The van der Waals surface area contributed by atoms with E-state index in [0.717, 1.165) is 11.1 Å². The zero-order chi connectivity index (χ0) is 15.0. The Morgan fingerprint density at radius 1 is 1.00 bits per heavy atom. The van der Waals surface area contributed by atoms with E-state index in [9.17, 15) is 13.7 Å². The fourth-order valence-corrected chi connectivity index (χ4v) is 4.86. The number of hydrogen-bond acceptors (Lipinski definition) is 3. The van der Waals surface area contributed by atoms with E-state index in [4.69, 9.17) is 0 Å². The van der Waals surface area contributed by atoms with E-state index >= 15 is 0 Å². The van der Waals surface area contributed by atoms with Crippen molar-refractivity contribution in [3.63, 3.8) is 0 Å². The maximum atomic E-state index is 12.7. The quantitative estimate of drug-likeness (QED) is 0.874. The Kier molecular flexibility index (Phi) is 3.30. The molecular formula is C17H15NO2S. The maximum Gasteiger partial charge on any atom is 0.183 e. The van der Waals surface area contributed by atoms with E-state index in [-0.39, 0.29) is 5.92 Å². The molecule has 0 unspecified atom stereocenters. The number of aryl methyl sites for hydroxylation is 1. The third kappa shape index (κ3) is 2.34. The second-order valence-corrected chi connectivity index (χ2v) is 7.52. The number of hydrogen-bond donors (Lipinski definition) is 0. The lowest BCUT2D eigenvalue weighted by Crippen LogP contribution is -2.10. The minimum absolute atomic E-state index is 0.221. The van der Waals surface area contributed by atoms with Gasteiger partial charge in [-0.15, -0.1) is 0 Å². The summed E-state index contributed by atoms with van der Waals surface area (Å²) in [5.41, 5.74) is 2.05. The largest absolute Gasteiger partial charge is 0.223 e. The molecule has 106 valence electrons. The van der Waals surface area contributed by atoms with Crippen molar-refractivity contribution in [3.8, 4) is 6.07 Å². The molecule has 3 nitrogen and oxygen atoms in total. The Labute approximate surface area is 124 Å². The number of nitriles is 1. The van der Waals surface area contributed by atoms with Crippen LogP contribution < -0.4 is 0 Å². The highest BCUT2D eigenvalue weighted by atomic mass is 32.2. The van der Waals surface area contributed by atoms with Gasteiger partial charge in [-0.05, 0) is 24.6 Å². The van der Waals surface area contributed by atoms with Gasteiger partial charge in [0.2, 0.25) is 0 Å². The van der Waals surface area contributed by atoms with Gasteiger partial charge in [0.25, 0.3) is 0 Å². The van der Waals surface area contributed by atoms with Crippen molar-refractivity contribution in [3.05, 3.63) is 65.7 Å². The molecule has 0 spiro atoms. The van der Waals surface area contributed by atoms with Gasteiger partial charge >= 0.3 is 0 Å². The summed E-state index contributed by atoms with van der Waals surface area (Å²) in [7, 11) is -3.46. The first-order valence-electron chi connectivity index (χ1n) is 6.81. The van der Waals surface area contributed by atoms with Crippen LogP contribution in [0, 0.1) is 24.2 Å². The van der Waals surface area contributed by atoms with Crippen LogP contribution in [-0.4, -0.2) is 13.7 Å². The molecule has 3 atom stereocenters. The van der Waals surface area contributed by atoms with Crippen LogP contribution >= 0.6 is 0 Å². The highest BCUT2D eigenvalue weighted by Crippen LogP contribution is 2.53. The van der Waals surface area contributed by atoms with Crippen molar-refractivity contribution in [2.75, 3.05) is 0 Å². The second-order valence-electron chi connectivity index (χ2n) is 5.41. The van der Waals surface area contributed by atoms with Gasteiger partial charge < -0.3 is 0 Å². The van der Waals surface area contributed by atoms with Crippen molar-refractivity contribution in [1.82, 2.24) is 0 Å². The van der Waals surface area contributed by atoms with Crippen LogP contribution in [0.1, 0.15) is 17.0 Å². The minimum Gasteiger partial charge on any atom is -0.223 e. The van der Waals surface area contributed by atoms with Crippen LogP contribution in [0.5, 0.6) is 0 Å². The molecule has 0 N–H and O–H groups in total. The third-order valence-electron chi connectivity index (χ3n) is 4.00. The smallest absolute Gasteiger partial charge is 0.183 e. The first-order chi connectivity index (χ1) is 10.1. The van der Waals surface area contributed by atoms with E-state index in [1.54, 1.807) is 30.3 Å². The summed E-state index contributed by atoms with van der Waals surface area (Å²) < 4.78 is 25.3. The summed E-state index contributed by atoms with van der Waals surface area (Å²) in [5, 5.41) is 8.63. The minimum atomic E-state index is -3.46. The van der Waals surface area contributed by atoms with E-state index in [0.29, 0.717) is 4.90 Å². The SMILES string of the molecule is Cc1ccc([C@@H]2[C@@H](C#N)[C@H]2S(=O)(=O)c2ccccc2)cc1. The average molecular weight is 297 g/mol. The van der Waals surface area contributed by atoms with Crippen LogP contribution in [0.25, 0.3) is 0 Å². The summed E-state index contributed by atoms with van der Waals surface area (Å²) >= 11 is 0. The molecule has 0 aromatic heterocycles. The van der Waals surface area contributed by atoms with Gasteiger partial charge in [0.05, 0.1) is 22.1 Å². The first kappa shape index (κ1) is 13.8. The molecule has 1 aliphatic rings. The van der Waals surface area contributed by atoms with Gasteiger partial charge in [-0.3, -0.25) is 0 Å². The van der Waals surface area contributed by atoms with E-state index in [1.807, 2.05) is 31.2 Å². The highest BCUT2D eigenvalue weighted by Gasteiger charge is 2.59. The van der Waals surface area contributed by atoms with Crippen LogP contribution in [0.4, 0.5) is 0 Å². The van der Waals surface area contributed by atoms with Crippen molar-refractivity contribution >= 4 is 9.84 Å². The maximum absolute atomic E-state index is 12.7. The van der Waals surface area contributed by atoms with Gasteiger partial charge in [0, 0.05) is 5.92 Å². The summed E-state index contributed by atoms with van der Waals surface area (Å²) in [4.78, 5) is 0.296. The first-order valence-corrected chi connectivity index (χ1v) is 8.35. The molecular weight excluding hydrogens is 282 g/mol. The Hall–Kier alpha value is -2.12. The fraction of sp³-hybridized carbons (Fsp3) is 0.235. The Balaban J connectivity index is 1.96. The number of benzene rings is 2. The zero-order valence-electron chi connectivity index (χ0n) is 11.6. The van der Waals surface area contributed by atoms with Crippen molar-refractivity contribution < 1.29 is 8.42 Å². The average Bonchev–Trinajstić information content (AvgIpc) is 3.24. The Morgan fingerprint density at radius 2 is 1.62 bits per heavy atom. The summed E-state index contributed by atoms with van der Waals surface area (Å²) in [5.74, 6) is -0.682. The van der Waals surface area contributed by atoms with Crippen LogP contribution in [-0.2, 0) is 9.84 Å². The van der Waals surface area contributed by atoms with Crippen molar-refractivity contribution in [2.45, 2.75) is 23.0 Å². The lowest BCUT2D eigenvalue weighted by atomic mass is 10.1. The molecule has 0 aliphatic heterocycles. The summed E-state index contributed by atoms with van der Waals surface area (Å²) in [6.07, 6.45) is 0. The molecule has 0 bridgehead atoms. The van der Waals surface area contributed by atoms with E-state index < -0.39 is 21.0 Å². The molecule has 4 heteroatoms. The lowest BCUT2D eigenvalue weighted by Gasteiger charge is -2.04.